The molecular weight excluding hydrogens is 144 g/mol. The summed E-state index contributed by atoms with van der Waals surface area (Å²) in [5, 5.41) is 0. The monoisotopic (exact) mass is 158 g/mol. The van der Waals surface area contributed by atoms with Crippen LogP contribution in [0.25, 0.3) is 0 Å². The van der Waals surface area contributed by atoms with Crippen LogP contribution in [0.15, 0.2) is 12.0 Å². The minimum atomic E-state index is 0.334. The molecule has 0 saturated heterocycles. The molecule has 64 valence electrons. The average Bonchev–Trinajstić information content (AvgIpc) is 2.39. The Bertz CT molecular complexity index is 140. The lowest BCUT2D eigenvalue weighted by Gasteiger charge is -2.05. The zero-order valence-electron chi connectivity index (χ0n) is 7.00. The van der Waals surface area contributed by atoms with Gasteiger partial charge in [0.05, 0.1) is 0 Å². The molecule has 0 aromatic rings. The highest BCUT2D eigenvalue weighted by atomic mass is 16.7. The number of hydrogen-bond donors (Lipinski definition) is 0. The normalized spacial score (nSPS) is 16.1. The van der Waals surface area contributed by atoms with Gasteiger partial charge in [-0.1, -0.05) is 13.8 Å². The highest BCUT2D eigenvalue weighted by Crippen LogP contribution is 2.06. The van der Waals surface area contributed by atoms with E-state index in [4.69, 9.17) is 14.2 Å². The van der Waals surface area contributed by atoms with E-state index in [1.807, 2.05) is 0 Å². The average molecular weight is 158 g/mol. The van der Waals surface area contributed by atoms with Gasteiger partial charge in [0.1, 0.15) is 12.9 Å². The molecule has 0 aromatic heterocycles. The fourth-order valence-corrected chi connectivity index (χ4v) is 0.742. The summed E-state index contributed by atoms with van der Waals surface area (Å²) in [6.45, 7) is 5.85. The van der Waals surface area contributed by atoms with Crippen LogP contribution in [0.4, 0.5) is 0 Å². The summed E-state index contributed by atoms with van der Waals surface area (Å²) in [5.41, 5.74) is 0. The molecule has 0 saturated carbocycles. The molecule has 1 heterocycles. The van der Waals surface area contributed by atoms with Gasteiger partial charge in [0.15, 0.2) is 5.76 Å². The standard InChI is InChI=1S/C8H14O3/c1-7(2)3-9-4-8-5-10-6-11-8/h5,7H,3-4,6H2,1-2H3. The van der Waals surface area contributed by atoms with Crippen molar-refractivity contribution in [2.24, 2.45) is 5.92 Å². The Morgan fingerprint density at radius 2 is 2.45 bits per heavy atom. The predicted molar refractivity (Wildman–Crippen MR) is 40.8 cm³/mol. The van der Waals surface area contributed by atoms with Crippen LogP contribution in [0.5, 0.6) is 0 Å². The Labute approximate surface area is 66.9 Å². The van der Waals surface area contributed by atoms with E-state index in [0.29, 0.717) is 19.3 Å². The molecule has 0 amide bonds. The minimum absolute atomic E-state index is 0.334. The molecule has 0 spiro atoms. The quantitative estimate of drug-likeness (QED) is 0.620. The van der Waals surface area contributed by atoms with Crippen LogP contribution in [0, 0.1) is 5.92 Å². The van der Waals surface area contributed by atoms with E-state index in [1.165, 1.54) is 0 Å². The van der Waals surface area contributed by atoms with Crippen LogP contribution in [0.1, 0.15) is 13.8 Å². The molecule has 0 radical (unpaired) electrons. The van der Waals surface area contributed by atoms with Crippen molar-refractivity contribution < 1.29 is 14.2 Å². The fourth-order valence-electron chi connectivity index (χ4n) is 0.742. The van der Waals surface area contributed by atoms with Gasteiger partial charge in [-0.3, -0.25) is 0 Å². The van der Waals surface area contributed by atoms with E-state index in [0.717, 1.165) is 12.4 Å². The lowest BCUT2D eigenvalue weighted by atomic mass is 10.2. The van der Waals surface area contributed by atoms with Gasteiger partial charge in [0.25, 0.3) is 0 Å². The molecule has 0 fully saturated rings. The zero-order chi connectivity index (χ0) is 8.10. The van der Waals surface area contributed by atoms with Crippen LogP contribution < -0.4 is 0 Å². The predicted octanol–water partition coefficient (Wildman–Crippen LogP) is 1.50. The van der Waals surface area contributed by atoms with Gasteiger partial charge in [-0.2, -0.15) is 0 Å². The van der Waals surface area contributed by atoms with Crippen LogP contribution in [-0.2, 0) is 14.2 Å². The van der Waals surface area contributed by atoms with Gasteiger partial charge < -0.3 is 14.2 Å². The summed E-state index contributed by atoms with van der Waals surface area (Å²) >= 11 is 0. The Hall–Kier alpha value is -0.700. The maximum absolute atomic E-state index is 5.31. The van der Waals surface area contributed by atoms with E-state index in [-0.39, 0.29) is 0 Å². The topological polar surface area (TPSA) is 27.7 Å². The highest BCUT2D eigenvalue weighted by Gasteiger charge is 2.05. The van der Waals surface area contributed by atoms with Crippen LogP contribution >= 0.6 is 0 Å². The van der Waals surface area contributed by atoms with Crippen LogP contribution in [0.2, 0.25) is 0 Å². The second-order valence-electron chi connectivity index (χ2n) is 2.92. The first kappa shape index (κ1) is 8.40. The van der Waals surface area contributed by atoms with E-state index >= 15 is 0 Å². The molecule has 1 aliphatic rings. The molecule has 3 nitrogen and oxygen atoms in total. The molecule has 0 bridgehead atoms. The molecule has 11 heavy (non-hydrogen) atoms. The summed E-state index contributed by atoms with van der Waals surface area (Å²) in [5.74, 6) is 1.35. The molecule has 0 aliphatic carbocycles. The molecular formula is C8H14O3. The lowest BCUT2D eigenvalue weighted by molar-refractivity contribution is 0.0489. The second kappa shape index (κ2) is 4.23. The first-order chi connectivity index (χ1) is 5.29. The minimum Gasteiger partial charge on any atom is -0.462 e. The maximum atomic E-state index is 5.31. The molecule has 1 aliphatic heterocycles. The van der Waals surface area contributed by atoms with Gasteiger partial charge in [-0.25, -0.2) is 0 Å². The molecule has 3 heteroatoms. The molecule has 0 atom stereocenters. The van der Waals surface area contributed by atoms with Gasteiger partial charge in [0.2, 0.25) is 6.79 Å². The Morgan fingerprint density at radius 3 is 3.00 bits per heavy atom. The van der Waals surface area contributed by atoms with Gasteiger partial charge >= 0.3 is 0 Å². The largest absolute Gasteiger partial charge is 0.462 e. The van der Waals surface area contributed by atoms with Crippen LogP contribution in [0.3, 0.4) is 0 Å². The maximum Gasteiger partial charge on any atom is 0.229 e. The van der Waals surface area contributed by atoms with Crippen molar-refractivity contribution in [3.05, 3.63) is 12.0 Å². The summed E-state index contributed by atoms with van der Waals surface area (Å²) in [4.78, 5) is 0. The Kier molecular flexibility index (Phi) is 3.23. The van der Waals surface area contributed by atoms with Crippen molar-refractivity contribution >= 4 is 0 Å². The third-order valence-electron chi connectivity index (χ3n) is 1.22. The number of hydrogen-bond acceptors (Lipinski definition) is 3. The van der Waals surface area contributed by atoms with E-state index in [9.17, 15) is 0 Å². The first-order valence-electron chi connectivity index (χ1n) is 3.80. The smallest absolute Gasteiger partial charge is 0.229 e. The van der Waals surface area contributed by atoms with Crippen molar-refractivity contribution in [3.8, 4) is 0 Å². The van der Waals surface area contributed by atoms with Gasteiger partial charge in [-0.05, 0) is 5.92 Å². The van der Waals surface area contributed by atoms with Crippen molar-refractivity contribution in [1.29, 1.82) is 0 Å². The molecule has 0 unspecified atom stereocenters. The molecule has 1 rings (SSSR count). The van der Waals surface area contributed by atoms with Crippen LogP contribution in [-0.4, -0.2) is 20.0 Å². The van der Waals surface area contributed by atoms with Gasteiger partial charge in [0, 0.05) is 6.61 Å². The fraction of sp³-hybridized carbons (Fsp3) is 0.750. The van der Waals surface area contributed by atoms with Gasteiger partial charge in [-0.15, -0.1) is 0 Å². The lowest BCUT2D eigenvalue weighted by Crippen LogP contribution is -2.05. The van der Waals surface area contributed by atoms with E-state index < -0.39 is 0 Å². The third kappa shape index (κ3) is 3.28. The Morgan fingerprint density at radius 1 is 1.64 bits per heavy atom. The Balaban J connectivity index is 2.03. The highest BCUT2D eigenvalue weighted by molar-refractivity contribution is 4.89. The van der Waals surface area contributed by atoms with Crippen molar-refractivity contribution in [1.82, 2.24) is 0 Å². The second-order valence-corrected chi connectivity index (χ2v) is 2.92. The third-order valence-corrected chi connectivity index (χ3v) is 1.22. The molecule has 0 aromatic carbocycles. The van der Waals surface area contributed by atoms with Crippen molar-refractivity contribution in [2.45, 2.75) is 13.8 Å². The molecule has 0 N–H and O–H groups in total. The number of ether oxygens (including phenoxy) is 3. The van der Waals surface area contributed by atoms with Crippen molar-refractivity contribution in [2.75, 3.05) is 20.0 Å². The van der Waals surface area contributed by atoms with Crippen molar-refractivity contribution in [3.63, 3.8) is 0 Å². The number of rotatable bonds is 4. The van der Waals surface area contributed by atoms with E-state index in [2.05, 4.69) is 13.8 Å². The SMILES string of the molecule is CC(C)COCC1=COCO1. The zero-order valence-corrected chi connectivity index (χ0v) is 7.00. The summed E-state index contributed by atoms with van der Waals surface area (Å²) in [6, 6.07) is 0. The van der Waals surface area contributed by atoms with E-state index in [1.54, 1.807) is 6.26 Å². The summed E-state index contributed by atoms with van der Waals surface area (Å²) < 4.78 is 15.2. The first-order valence-corrected chi connectivity index (χ1v) is 3.80. The summed E-state index contributed by atoms with van der Waals surface area (Å²) in [7, 11) is 0. The summed E-state index contributed by atoms with van der Waals surface area (Å²) in [6.07, 6.45) is 1.60.